The standard InChI is InChI=1S/C13H17NSi/c1-10-11-7-5-6-8-12(11)14-9-13(10)15(2,3)4/h5-9H,1-4H3. The van der Waals surface area contributed by atoms with Crippen LogP contribution in [0.3, 0.4) is 0 Å². The van der Waals surface area contributed by atoms with Gasteiger partial charge in [-0.25, -0.2) is 0 Å². The van der Waals surface area contributed by atoms with Gasteiger partial charge in [0.15, 0.2) is 0 Å². The molecule has 0 aliphatic rings. The Labute approximate surface area is 92.2 Å². The Morgan fingerprint density at radius 1 is 1.07 bits per heavy atom. The van der Waals surface area contributed by atoms with Gasteiger partial charge in [-0.1, -0.05) is 37.8 Å². The van der Waals surface area contributed by atoms with Gasteiger partial charge in [0.25, 0.3) is 0 Å². The minimum Gasteiger partial charge on any atom is -0.256 e. The van der Waals surface area contributed by atoms with Gasteiger partial charge in [0.05, 0.1) is 13.6 Å². The first-order valence-corrected chi connectivity index (χ1v) is 8.85. The number of pyridine rings is 1. The number of para-hydroxylation sites is 1. The van der Waals surface area contributed by atoms with Crippen molar-refractivity contribution in [3.8, 4) is 0 Å². The van der Waals surface area contributed by atoms with E-state index in [1.54, 1.807) is 0 Å². The summed E-state index contributed by atoms with van der Waals surface area (Å²) in [4.78, 5) is 4.54. The van der Waals surface area contributed by atoms with Gasteiger partial charge >= 0.3 is 0 Å². The van der Waals surface area contributed by atoms with Crippen LogP contribution in [0.1, 0.15) is 5.56 Å². The molecule has 0 saturated heterocycles. The van der Waals surface area contributed by atoms with E-state index in [1.165, 1.54) is 16.1 Å². The van der Waals surface area contributed by atoms with Crippen molar-refractivity contribution < 1.29 is 0 Å². The second kappa shape index (κ2) is 3.45. The largest absolute Gasteiger partial charge is 0.256 e. The Bertz CT molecular complexity index is 497. The summed E-state index contributed by atoms with van der Waals surface area (Å²) in [7, 11) is -1.26. The SMILES string of the molecule is Cc1c([Si](C)(C)C)cnc2ccccc12. The summed E-state index contributed by atoms with van der Waals surface area (Å²) in [6.45, 7) is 9.32. The van der Waals surface area contributed by atoms with Crippen molar-refractivity contribution in [1.82, 2.24) is 4.98 Å². The number of aromatic nitrogens is 1. The highest BCUT2D eigenvalue weighted by atomic mass is 28.3. The summed E-state index contributed by atoms with van der Waals surface area (Å²) in [6.07, 6.45) is 2.07. The van der Waals surface area contributed by atoms with Crippen molar-refractivity contribution in [3.63, 3.8) is 0 Å². The molecular formula is C13H17NSi. The lowest BCUT2D eigenvalue weighted by atomic mass is 10.1. The fourth-order valence-corrected chi connectivity index (χ4v) is 3.75. The first-order chi connectivity index (χ1) is 7.00. The van der Waals surface area contributed by atoms with Crippen LogP contribution in [0.2, 0.25) is 19.6 Å². The van der Waals surface area contributed by atoms with Crippen LogP contribution in [0.5, 0.6) is 0 Å². The van der Waals surface area contributed by atoms with Crippen LogP contribution in [0.25, 0.3) is 10.9 Å². The Morgan fingerprint density at radius 3 is 2.40 bits per heavy atom. The number of aryl methyl sites for hydroxylation is 1. The summed E-state index contributed by atoms with van der Waals surface area (Å²) in [6, 6.07) is 8.38. The van der Waals surface area contributed by atoms with Gasteiger partial charge in [-0.2, -0.15) is 0 Å². The molecule has 0 amide bonds. The van der Waals surface area contributed by atoms with E-state index in [2.05, 4.69) is 55.9 Å². The van der Waals surface area contributed by atoms with Crippen molar-refractivity contribution in [2.24, 2.45) is 0 Å². The van der Waals surface area contributed by atoms with Crippen LogP contribution < -0.4 is 5.19 Å². The lowest BCUT2D eigenvalue weighted by molar-refractivity contribution is 1.38. The minimum absolute atomic E-state index is 1.11. The molecule has 0 spiro atoms. The molecule has 1 nitrogen and oxygen atoms in total. The molecule has 2 rings (SSSR count). The van der Waals surface area contributed by atoms with E-state index < -0.39 is 8.07 Å². The van der Waals surface area contributed by atoms with Crippen LogP contribution in [-0.4, -0.2) is 13.1 Å². The van der Waals surface area contributed by atoms with Gasteiger partial charge in [-0.3, -0.25) is 4.98 Å². The molecular weight excluding hydrogens is 198 g/mol. The molecule has 2 aromatic rings. The van der Waals surface area contributed by atoms with E-state index in [4.69, 9.17) is 0 Å². The molecule has 0 radical (unpaired) electrons. The normalized spacial score (nSPS) is 12.0. The van der Waals surface area contributed by atoms with E-state index in [9.17, 15) is 0 Å². The third-order valence-corrected chi connectivity index (χ3v) is 4.97. The minimum atomic E-state index is -1.26. The van der Waals surface area contributed by atoms with Gasteiger partial charge in [-0.15, -0.1) is 0 Å². The lowest BCUT2D eigenvalue weighted by Gasteiger charge is -2.19. The lowest BCUT2D eigenvalue weighted by Crippen LogP contribution is -2.39. The molecule has 0 unspecified atom stereocenters. The summed E-state index contributed by atoms with van der Waals surface area (Å²) in [5, 5.41) is 2.78. The molecule has 1 heterocycles. The Balaban J connectivity index is 2.76. The van der Waals surface area contributed by atoms with Gasteiger partial charge in [0.1, 0.15) is 0 Å². The highest BCUT2D eigenvalue weighted by Gasteiger charge is 2.19. The number of benzene rings is 1. The van der Waals surface area contributed by atoms with Crippen molar-refractivity contribution >= 4 is 24.2 Å². The van der Waals surface area contributed by atoms with Gasteiger partial charge < -0.3 is 0 Å². The first-order valence-electron chi connectivity index (χ1n) is 5.35. The molecule has 0 bridgehead atoms. The molecule has 0 aliphatic heterocycles. The third-order valence-electron chi connectivity index (χ3n) is 2.85. The number of fused-ring (bicyclic) bond motifs is 1. The second-order valence-electron chi connectivity index (χ2n) is 5.06. The maximum atomic E-state index is 4.54. The van der Waals surface area contributed by atoms with Crippen LogP contribution in [0.15, 0.2) is 30.5 Å². The van der Waals surface area contributed by atoms with Crippen molar-refractivity contribution in [2.75, 3.05) is 0 Å². The quantitative estimate of drug-likeness (QED) is 0.666. The summed E-state index contributed by atoms with van der Waals surface area (Å²) in [5.74, 6) is 0. The highest BCUT2D eigenvalue weighted by Crippen LogP contribution is 2.16. The van der Waals surface area contributed by atoms with E-state index in [1.807, 2.05) is 6.07 Å². The molecule has 0 saturated carbocycles. The predicted molar refractivity (Wildman–Crippen MR) is 69.5 cm³/mol. The topological polar surface area (TPSA) is 12.9 Å². The molecule has 0 aliphatic carbocycles. The van der Waals surface area contributed by atoms with Crippen LogP contribution in [0, 0.1) is 6.92 Å². The zero-order chi connectivity index (χ0) is 11.1. The average molecular weight is 215 g/mol. The number of hydrogen-bond acceptors (Lipinski definition) is 1. The smallest absolute Gasteiger partial charge is 0.0799 e. The Morgan fingerprint density at radius 2 is 1.73 bits per heavy atom. The molecule has 0 fully saturated rings. The van der Waals surface area contributed by atoms with Crippen LogP contribution in [-0.2, 0) is 0 Å². The molecule has 15 heavy (non-hydrogen) atoms. The van der Waals surface area contributed by atoms with E-state index >= 15 is 0 Å². The molecule has 1 aromatic carbocycles. The first kappa shape index (κ1) is 10.4. The van der Waals surface area contributed by atoms with Gasteiger partial charge in [0.2, 0.25) is 0 Å². The highest BCUT2D eigenvalue weighted by molar-refractivity contribution is 6.89. The van der Waals surface area contributed by atoms with Crippen molar-refractivity contribution in [1.29, 1.82) is 0 Å². The van der Waals surface area contributed by atoms with Crippen LogP contribution in [0.4, 0.5) is 0 Å². The fourth-order valence-electron chi connectivity index (χ4n) is 2.04. The molecule has 2 heteroatoms. The summed E-state index contributed by atoms with van der Waals surface area (Å²) in [5.41, 5.74) is 2.52. The number of nitrogens with zero attached hydrogens (tertiary/aromatic N) is 1. The molecule has 0 atom stereocenters. The molecule has 1 aromatic heterocycles. The predicted octanol–water partition coefficient (Wildman–Crippen LogP) is 3.09. The average Bonchev–Trinajstić information content (AvgIpc) is 2.16. The summed E-state index contributed by atoms with van der Waals surface area (Å²) >= 11 is 0. The second-order valence-corrected chi connectivity index (χ2v) is 10.1. The van der Waals surface area contributed by atoms with Gasteiger partial charge in [0, 0.05) is 11.6 Å². The molecule has 78 valence electrons. The zero-order valence-corrected chi connectivity index (χ0v) is 10.8. The fraction of sp³-hybridized carbons (Fsp3) is 0.308. The van der Waals surface area contributed by atoms with E-state index in [0.29, 0.717) is 0 Å². The maximum absolute atomic E-state index is 4.54. The zero-order valence-electron chi connectivity index (χ0n) is 9.83. The van der Waals surface area contributed by atoms with E-state index in [0.717, 1.165) is 5.52 Å². The van der Waals surface area contributed by atoms with Crippen molar-refractivity contribution in [2.45, 2.75) is 26.6 Å². The van der Waals surface area contributed by atoms with E-state index in [-0.39, 0.29) is 0 Å². The summed E-state index contributed by atoms with van der Waals surface area (Å²) < 4.78 is 0. The maximum Gasteiger partial charge on any atom is 0.0799 e. The van der Waals surface area contributed by atoms with Crippen molar-refractivity contribution in [3.05, 3.63) is 36.0 Å². The Kier molecular flexibility index (Phi) is 2.39. The monoisotopic (exact) mass is 215 g/mol. The van der Waals surface area contributed by atoms with Crippen LogP contribution >= 0.6 is 0 Å². The molecule has 0 N–H and O–H groups in total. The third kappa shape index (κ3) is 1.82. The number of hydrogen-bond donors (Lipinski definition) is 0. The Hall–Kier alpha value is -1.15. The van der Waals surface area contributed by atoms with Gasteiger partial charge in [-0.05, 0) is 23.7 Å². The number of rotatable bonds is 1.